The number of hydrogen-bond donors (Lipinski definition) is 2. The Labute approximate surface area is 104 Å². The van der Waals surface area contributed by atoms with Gasteiger partial charge in [0, 0.05) is 19.6 Å². The quantitative estimate of drug-likeness (QED) is 0.739. The average molecular weight is 242 g/mol. The SMILES string of the molecule is CCNC(CCN1CC(C)CC(C)C1)C(=O)O. The van der Waals surface area contributed by atoms with Crippen molar-refractivity contribution in [3.63, 3.8) is 0 Å². The Morgan fingerprint density at radius 3 is 2.47 bits per heavy atom. The zero-order chi connectivity index (χ0) is 12.8. The molecule has 3 atom stereocenters. The fourth-order valence-electron chi connectivity index (χ4n) is 2.85. The summed E-state index contributed by atoms with van der Waals surface area (Å²) in [5, 5.41) is 12.1. The van der Waals surface area contributed by atoms with E-state index in [1.807, 2.05) is 6.92 Å². The molecule has 0 spiro atoms. The summed E-state index contributed by atoms with van der Waals surface area (Å²) in [6.45, 7) is 10.3. The average Bonchev–Trinajstić information content (AvgIpc) is 2.22. The molecular formula is C13H26N2O2. The van der Waals surface area contributed by atoms with Crippen LogP contribution in [0.3, 0.4) is 0 Å². The number of carbonyl (C=O) groups is 1. The molecule has 1 rings (SSSR count). The van der Waals surface area contributed by atoms with Gasteiger partial charge in [-0.3, -0.25) is 4.79 Å². The second-order valence-electron chi connectivity index (χ2n) is 5.44. The lowest BCUT2D eigenvalue weighted by Gasteiger charge is -2.35. The van der Waals surface area contributed by atoms with Crippen LogP contribution in [0, 0.1) is 11.8 Å². The third-order valence-electron chi connectivity index (χ3n) is 3.43. The van der Waals surface area contributed by atoms with Crippen molar-refractivity contribution in [3.8, 4) is 0 Å². The first-order valence-electron chi connectivity index (χ1n) is 6.71. The summed E-state index contributed by atoms with van der Waals surface area (Å²) in [4.78, 5) is 13.4. The van der Waals surface area contributed by atoms with Crippen LogP contribution >= 0.6 is 0 Å². The van der Waals surface area contributed by atoms with E-state index in [4.69, 9.17) is 5.11 Å². The number of carboxylic acids is 1. The molecule has 0 aliphatic carbocycles. The summed E-state index contributed by atoms with van der Waals surface area (Å²) in [7, 11) is 0. The number of aliphatic carboxylic acids is 1. The number of piperidine rings is 1. The number of likely N-dealkylation sites (N-methyl/N-ethyl adjacent to an activating group) is 1. The second-order valence-corrected chi connectivity index (χ2v) is 5.44. The summed E-state index contributed by atoms with van der Waals surface area (Å²) < 4.78 is 0. The minimum Gasteiger partial charge on any atom is -0.480 e. The highest BCUT2D eigenvalue weighted by atomic mass is 16.4. The summed E-state index contributed by atoms with van der Waals surface area (Å²) in [5.41, 5.74) is 0. The number of nitrogens with one attached hydrogen (secondary N) is 1. The summed E-state index contributed by atoms with van der Waals surface area (Å²) in [6, 6.07) is -0.396. The van der Waals surface area contributed by atoms with Crippen LogP contribution in [0.5, 0.6) is 0 Å². The van der Waals surface area contributed by atoms with Crippen molar-refractivity contribution in [1.82, 2.24) is 10.2 Å². The van der Waals surface area contributed by atoms with E-state index in [0.29, 0.717) is 13.0 Å². The van der Waals surface area contributed by atoms with E-state index in [1.54, 1.807) is 0 Å². The van der Waals surface area contributed by atoms with Gasteiger partial charge in [-0.1, -0.05) is 20.8 Å². The van der Waals surface area contributed by atoms with Crippen LogP contribution in [0.2, 0.25) is 0 Å². The summed E-state index contributed by atoms with van der Waals surface area (Å²) in [5.74, 6) is 0.743. The molecule has 1 aliphatic heterocycles. The fourth-order valence-corrected chi connectivity index (χ4v) is 2.85. The maximum atomic E-state index is 11.0. The molecule has 4 nitrogen and oxygen atoms in total. The van der Waals surface area contributed by atoms with Crippen molar-refractivity contribution in [2.75, 3.05) is 26.2 Å². The molecule has 100 valence electrons. The van der Waals surface area contributed by atoms with Gasteiger partial charge in [0.1, 0.15) is 6.04 Å². The van der Waals surface area contributed by atoms with E-state index < -0.39 is 12.0 Å². The zero-order valence-electron chi connectivity index (χ0n) is 11.3. The molecule has 0 aromatic carbocycles. The lowest BCUT2D eigenvalue weighted by Crippen LogP contribution is -2.43. The van der Waals surface area contributed by atoms with Crippen LogP contribution in [0.1, 0.15) is 33.6 Å². The Balaban J connectivity index is 2.35. The molecule has 0 aromatic rings. The standard InChI is InChI=1S/C13H26N2O2/c1-4-14-12(13(16)17)5-6-15-8-10(2)7-11(3)9-15/h10-12,14H,4-9H2,1-3H3,(H,16,17). The molecule has 3 unspecified atom stereocenters. The van der Waals surface area contributed by atoms with Crippen molar-refractivity contribution in [1.29, 1.82) is 0 Å². The predicted molar refractivity (Wildman–Crippen MR) is 69.1 cm³/mol. The fraction of sp³-hybridized carbons (Fsp3) is 0.923. The largest absolute Gasteiger partial charge is 0.480 e. The number of nitrogens with zero attached hydrogens (tertiary/aromatic N) is 1. The van der Waals surface area contributed by atoms with Crippen LogP contribution in [0.15, 0.2) is 0 Å². The maximum Gasteiger partial charge on any atom is 0.320 e. The molecule has 0 bridgehead atoms. The van der Waals surface area contributed by atoms with E-state index in [9.17, 15) is 4.79 Å². The van der Waals surface area contributed by atoms with Crippen molar-refractivity contribution < 1.29 is 9.90 Å². The number of rotatable bonds is 6. The van der Waals surface area contributed by atoms with Gasteiger partial charge in [0.2, 0.25) is 0 Å². The third kappa shape index (κ3) is 5.04. The van der Waals surface area contributed by atoms with Gasteiger partial charge in [-0.15, -0.1) is 0 Å². The first kappa shape index (κ1) is 14.5. The first-order chi connectivity index (χ1) is 8.02. The molecule has 1 heterocycles. The molecule has 1 saturated heterocycles. The number of hydrogen-bond acceptors (Lipinski definition) is 3. The van der Waals surface area contributed by atoms with Gasteiger partial charge in [0.25, 0.3) is 0 Å². The van der Waals surface area contributed by atoms with Crippen molar-refractivity contribution in [2.24, 2.45) is 11.8 Å². The van der Waals surface area contributed by atoms with Gasteiger partial charge in [-0.25, -0.2) is 0 Å². The van der Waals surface area contributed by atoms with E-state index in [0.717, 1.165) is 31.5 Å². The smallest absolute Gasteiger partial charge is 0.320 e. The molecule has 17 heavy (non-hydrogen) atoms. The molecule has 1 aliphatic rings. The van der Waals surface area contributed by atoms with Crippen LogP contribution in [-0.2, 0) is 4.79 Å². The Hall–Kier alpha value is -0.610. The zero-order valence-corrected chi connectivity index (χ0v) is 11.3. The van der Waals surface area contributed by atoms with Crippen LogP contribution < -0.4 is 5.32 Å². The molecule has 2 N–H and O–H groups in total. The molecule has 1 fully saturated rings. The Morgan fingerprint density at radius 1 is 1.41 bits per heavy atom. The first-order valence-corrected chi connectivity index (χ1v) is 6.71. The van der Waals surface area contributed by atoms with E-state index >= 15 is 0 Å². The van der Waals surface area contributed by atoms with Gasteiger partial charge in [0.15, 0.2) is 0 Å². The van der Waals surface area contributed by atoms with Crippen LogP contribution in [0.4, 0.5) is 0 Å². The van der Waals surface area contributed by atoms with E-state index in [1.165, 1.54) is 6.42 Å². The van der Waals surface area contributed by atoms with Gasteiger partial charge < -0.3 is 15.3 Å². The Morgan fingerprint density at radius 2 is 2.00 bits per heavy atom. The monoisotopic (exact) mass is 242 g/mol. The van der Waals surface area contributed by atoms with Gasteiger partial charge in [-0.2, -0.15) is 0 Å². The molecule has 0 saturated carbocycles. The minimum absolute atomic E-state index is 0.396. The minimum atomic E-state index is -0.732. The van der Waals surface area contributed by atoms with Crippen LogP contribution in [-0.4, -0.2) is 48.2 Å². The Kier molecular flexibility index (Phi) is 5.92. The van der Waals surface area contributed by atoms with Crippen molar-refractivity contribution in [3.05, 3.63) is 0 Å². The highest BCUT2D eigenvalue weighted by Crippen LogP contribution is 2.21. The summed E-state index contributed by atoms with van der Waals surface area (Å²) in [6.07, 6.45) is 1.99. The number of carboxylic acid groups (broad SMARTS) is 1. The normalized spacial score (nSPS) is 27.9. The molecule has 0 amide bonds. The van der Waals surface area contributed by atoms with E-state index in [2.05, 4.69) is 24.1 Å². The van der Waals surface area contributed by atoms with Crippen molar-refractivity contribution in [2.45, 2.75) is 39.7 Å². The highest BCUT2D eigenvalue weighted by molar-refractivity contribution is 5.73. The van der Waals surface area contributed by atoms with Crippen LogP contribution in [0.25, 0.3) is 0 Å². The second kappa shape index (κ2) is 6.97. The van der Waals surface area contributed by atoms with Gasteiger partial charge in [-0.05, 0) is 31.2 Å². The predicted octanol–water partition coefficient (Wildman–Crippen LogP) is 1.42. The lowest BCUT2D eigenvalue weighted by molar-refractivity contribution is -0.139. The van der Waals surface area contributed by atoms with E-state index in [-0.39, 0.29) is 0 Å². The highest BCUT2D eigenvalue weighted by Gasteiger charge is 2.23. The maximum absolute atomic E-state index is 11.0. The molecular weight excluding hydrogens is 216 g/mol. The third-order valence-corrected chi connectivity index (χ3v) is 3.43. The van der Waals surface area contributed by atoms with Gasteiger partial charge in [0.05, 0.1) is 0 Å². The summed E-state index contributed by atoms with van der Waals surface area (Å²) >= 11 is 0. The van der Waals surface area contributed by atoms with Gasteiger partial charge >= 0.3 is 5.97 Å². The lowest BCUT2D eigenvalue weighted by atomic mass is 9.92. The molecule has 4 heteroatoms. The molecule has 0 aromatic heterocycles. The van der Waals surface area contributed by atoms with Crippen molar-refractivity contribution >= 4 is 5.97 Å². The Bertz CT molecular complexity index is 236. The topological polar surface area (TPSA) is 52.6 Å². The number of likely N-dealkylation sites (tertiary alicyclic amines) is 1. The molecule has 0 radical (unpaired) electrons.